The standard InChI is InChI=1S/C23H18FN3/c24-22-14-18(9-12-26-22)16-23(15-17-7-10-25-11-8-17)19-4-1-2-5-20(19)27-13-3-6-21(23)27/h1-14H,15-16H2. The van der Waals surface area contributed by atoms with Gasteiger partial charge in [0, 0.05) is 41.6 Å². The Labute approximate surface area is 157 Å². The van der Waals surface area contributed by atoms with Crippen LogP contribution in [0.15, 0.2) is 85.5 Å². The Balaban J connectivity index is 1.72. The molecule has 4 heterocycles. The minimum Gasteiger partial charge on any atom is -0.320 e. The summed E-state index contributed by atoms with van der Waals surface area (Å²) in [7, 11) is 0. The minimum atomic E-state index is -0.437. The van der Waals surface area contributed by atoms with Gasteiger partial charge in [0.2, 0.25) is 5.95 Å². The summed E-state index contributed by atoms with van der Waals surface area (Å²) in [4.78, 5) is 7.87. The van der Waals surface area contributed by atoms with Crippen molar-refractivity contribution in [3.05, 3.63) is 114 Å². The van der Waals surface area contributed by atoms with E-state index in [1.165, 1.54) is 22.5 Å². The van der Waals surface area contributed by atoms with Crippen molar-refractivity contribution >= 4 is 0 Å². The molecule has 5 rings (SSSR count). The van der Waals surface area contributed by atoms with Crippen LogP contribution in [0.2, 0.25) is 0 Å². The van der Waals surface area contributed by atoms with Crippen molar-refractivity contribution in [1.29, 1.82) is 0 Å². The van der Waals surface area contributed by atoms with Crippen molar-refractivity contribution in [2.24, 2.45) is 0 Å². The smallest absolute Gasteiger partial charge is 0.213 e. The van der Waals surface area contributed by atoms with Crippen LogP contribution in [0.5, 0.6) is 0 Å². The molecule has 132 valence electrons. The molecular weight excluding hydrogens is 337 g/mol. The molecule has 1 aliphatic heterocycles. The molecule has 0 aliphatic carbocycles. The van der Waals surface area contributed by atoms with Crippen LogP contribution in [0.25, 0.3) is 5.69 Å². The summed E-state index contributed by atoms with van der Waals surface area (Å²) in [5.74, 6) is -0.437. The first-order chi connectivity index (χ1) is 13.3. The molecule has 3 nitrogen and oxygen atoms in total. The van der Waals surface area contributed by atoms with E-state index in [2.05, 4.69) is 69.3 Å². The van der Waals surface area contributed by atoms with E-state index >= 15 is 0 Å². The summed E-state index contributed by atoms with van der Waals surface area (Å²) in [6.07, 6.45) is 8.83. The summed E-state index contributed by atoms with van der Waals surface area (Å²) in [5.41, 5.74) is 5.59. The fourth-order valence-corrected chi connectivity index (χ4v) is 4.39. The number of para-hydroxylation sites is 1. The maximum atomic E-state index is 13.8. The Hall–Kier alpha value is -3.27. The molecule has 1 aliphatic rings. The third kappa shape index (κ3) is 2.56. The molecule has 0 radical (unpaired) electrons. The molecule has 27 heavy (non-hydrogen) atoms. The normalized spacial score (nSPS) is 17.5. The minimum absolute atomic E-state index is 0.269. The Morgan fingerprint density at radius 3 is 2.48 bits per heavy atom. The molecule has 1 atom stereocenters. The third-order valence-corrected chi connectivity index (χ3v) is 5.47. The number of aromatic nitrogens is 3. The number of rotatable bonds is 4. The predicted octanol–water partition coefficient (Wildman–Crippen LogP) is 4.49. The first-order valence-corrected chi connectivity index (χ1v) is 9.03. The Bertz CT molecular complexity index is 1100. The van der Waals surface area contributed by atoms with Crippen LogP contribution in [0.1, 0.15) is 22.4 Å². The molecule has 0 spiro atoms. The molecule has 4 aromatic rings. The van der Waals surface area contributed by atoms with Crippen LogP contribution in [0, 0.1) is 5.95 Å². The van der Waals surface area contributed by atoms with E-state index in [9.17, 15) is 4.39 Å². The lowest BCUT2D eigenvalue weighted by atomic mass is 9.70. The molecule has 0 amide bonds. The highest BCUT2D eigenvalue weighted by Crippen LogP contribution is 2.47. The van der Waals surface area contributed by atoms with Gasteiger partial charge in [-0.15, -0.1) is 0 Å². The SMILES string of the molecule is Fc1cc(CC2(Cc3ccncc3)c3ccccc3-n3cccc32)ccn1. The van der Waals surface area contributed by atoms with Gasteiger partial charge in [-0.1, -0.05) is 18.2 Å². The molecular formula is C23H18FN3. The van der Waals surface area contributed by atoms with Crippen molar-refractivity contribution in [1.82, 2.24) is 14.5 Å². The summed E-state index contributed by atoms with van der Waals surface area (Å²) in [6.45, 7) is 0. The topological polar surface area (TPSA) is 30.7 Å². The number of hydrogen-bond acceptors (Lipinski definition) is 2. The average Bonchev–Trinajstić information content (AvgIpc) is 3.26. The second-order valence-electron chi connectivity index (χ2n) is 7.06. The van der Waals surface area contributed by atoms with E-state index in [4.69, 9.17) is 0 Å². The van der Waals surface area contributed by atoms with E-state index in [0.717, 1.165) is 12.0 Å². The van der Waals surface area contributed by atoms with E-state index in [-0.39, 0.29) is 5.41 Å². The summed E-state index contributed by atoms with van der Waals surface area (Å²) in [6, 6.07) is 20.3. The van der Waals surface area contributed by atoms with Gasteiger partial charge in [-0.2, -0.15) is 4.39 Å². The van der Waals surface area contributed by atoms with Crippen molar-refractivity contribution in [2.75, 3.05) is 0 Å². The monoisotopic (exact) mass is 355 g/mol. The Kier molecular flexibility index (Phi) is 3.64. The molecule has 3 aromatic heterocycles. The van der Waals surface area contributed by atoms with E-state index in [0.29, 0.717) is 6.42 Å². The highest BCUT2D eigenvalue weighted by atomic mass is 19.1. The van der Waals surface area contributed by atoms with Crippen molar-refractivity contribution < 1.29 is 4.39 Å². The van der Waals surface area contributed by atoms with Gasteiger partial charge in [-0.05, 0) is 72.0 Å². The van der Waals surface area contributed by atoms with Gasteiger partial charge in [-0.3, -0.25) is 4.98 Å². The quantitative estimate of drug-likeness (QED) is 0.505. The lowest BCUT2D eigenvalue weighted by molar-refractivity contribution is 0.504. The summed E-state index contributed by atoms with van der Waals surface area (Å²) < 4.78 is 16.1. The molecule has 0 fully saturated rings. The van der Waals surface area contributed by atoms with Crippen LogP contribution < -0.4 is 0 Å². The predicted molar refractivity (Wildman–Crippen MR) is 102 cm³/mol. The van der Waals surface area contributed by atoms with Crippen molar-refractivity contribution in [2.45, 2.75) is 18.3 Å². The summed E-state index contributed by atoms with van der Waals surface area (Å²) >= 11 is 0. The van der Waals surface area contributed by atoms with Crippen LogP contribution in [-0.4, -0.2) is 14.5 Å². The number of fused-ring (bicyclic) bond motifs is 3. The van der Waals surface area contributed by atoms with E-state index in [1.807, 2.05) is 18.5 Å². The first kappa shape index (κ1) is 15.9. The van der Waals surface area contributed by atoms with E-state index < -0.39 is 5.95 Å². The number of hydrogen-bond donors (Lipinski definition) is 0. The highest BCUT2D eigenvalue weighted by molar-refractivity contribution is 5.59. The van der Waals surface area contributed by atoms with Gasteiger partial charge >= 0.3 is 0 Å². The van der Waals surface area contributed by atoms with Crippen molar-refractivity contribution in [3.63, 3.8) is 0 Å². The zero-order chi connectivity index (χ0) is 18.3. The Morgan fingerprint density at radius 2 is 1.63 bits per heavy atom. The Morgan fingerprint density at radius 1 is 0.852 bits per heavy atom. The molecule has 1 unspecified atom stereocenters. The molecule has 4 heteroatoms. The molecule has 0 bridgehead atoms. The largest absolute Gasteiger partial charge is 0.320 e. The van der Waals surface area contributed by atoms with Crippen LogP contribution in [0.3, 0.4) is 0 Å². The van der Waals surface area contributed by atoms with E-state index in [1.54, 1.807) is 12.3 Å². The second-order valence-corrected chi connectivity index (χ2v) is 7.06. The van der Waals surface area contributed by atoms with Gasteiger partial charge < -0.3 is 4.57 Å². The van der Waals surface area contributed by atoms with Gasteiger partial charge in [0.15, 0.2) is 0 Å². The van der Waals surface area contributed by atoms with Gasteiger partial charge in [0.1, 0.15) is 0 Å². The van der Waals surface area contributed by atoms with Crippen LogP contribution in [0.4, 0.5) is 4.39 Å². The fraction of sp³-hybridized carbons (Fsp3) is 0.130. The van der Waals surface area contributed by atoms with Gasteiger partial charge in [0.25, 0.3) is 0 Å². The van der Waals surface area contributed by atoms with Crippen molar-refractivity contribution in [3.8, 4) is 5.69 Å². The molecule has 0 N–H and O–H groups in total. The fourth-order valence-electron chi connectivity index (χ4n) is 4.39. The maximum Gasteiger partial charge on any atom is 0.213 e. The first-order valence-electron chi connectivity index (χ1n) is 9.03. The van der Waals surface area contributed by atoms with Gasteiger partial charge in [-0.25, -0.2) is 4.98 Å². The number of nitrogens with zero attached hydrogens (tertiary/aromatic N) is 3. The molecule has 0 saturated heterocycles. The molecule has 0 saturated carbocycles. The van der Waals surface area contributed by atoms with Crippen LogP contribution in [-0.2, 0) is 18.3 Å². The maximum absolute atomic E-state index is 13.8. The third-order valence-electron chi connectivity index (χ3n) is 5.47. The lowest BCUT2D eigenvalue weighted by Gasteiger charge is -2.31. The number of halogens is 1. The summed E-state index contributed by atoms with van der Waals surface area (Å²) in [5, 5.41) is 0. The second kappa shape index (κ2) is 6.16. The lowest BCUT2D eigenvalue weighted by Crippen LogP contribution is -2.31. The average molecular weight is 355 g/mol. The number of pyridine rings is 2. The van der Waals surface area contributed by atoms with Crippen LogP contribution >= 0.6 is 0 Å². The number of benzene rings is 1. The molecule has 1 aromatic carbocycles. The van der Waals surface area contributed by atoms with Gasteiger partial charge in [0.05, 0.1) is 0 Å². The highest BCUT2D eigenvalue weighted by Gasteiger charge is 2.43. The zero-order valence-corrected chi connectivity index (χ0v) is 14.7. The zero-order valence-electron chi connectivity index (χ0n) is 14.7.